The number of methoxy groups -OCH3 is 1. The van der Waals surface area contributed by atoms with Crippen molar-refractivity contribution in [2.45, 2.75) is 44.8 Å². The van der Waals surface area contributed by atoms with Gasteiger partial charge < -0.3 is 19.4 Å². The molecule has 8 heteroatoms. The normalized spacial score (nSPS) is 19.8. The van der Waals surface area contributed by atoms with Crippen molar-refractivity contribution in [3.05, 3.63) is 42.4 Å². The minimum Gasteiger partial charge on any atom is -0.381 e. The molecule has 1 aliphatic carbocycles. The van der Waals surface area contributed by atoms with E-state index in [1.54, 1.807) is 17.7 Å². The lowest BCUT2D eigenvalue weighted by Crippen LogP contribution is -2.29. The van der Waals surface area contributed by atoms with Crippen molar-refractivity contribution in [1.29, 1.82) is 0 Å². The van der Waals surface area contributed by atoms with Gasteiger partial charge in [-0.25, -0.2) is 14.4 Å². The second-order valence-corrected chi connectivity index (χ2v) is 7.70. The van der Waals surface area contributed by atoms with Crippen LogP contribution in [-0.2, 0) is 4.74 Å². The average molecular weight is 394 g/mol. The Balaban J connectivity index is 1.42. The second-order valence-electron chi connectivity index (χ2n) is 7.70. The van der Waals surface area contributed by atoms with Crippen molar-refractivity contribution < 1.29 is 9.13 Å². The van der Waals surface area contributed by atoms with Crippen molar-refractivity contribution in [2.24, 2.45) is 0 Å². The van der Waals surface area contributed by atoms with Gasteiger partial charge in [0.1, 0.15) is 5.65 Å². The molecule has 0 aliphatic heterocycles. The molecular formula is C21H23FN6O. The monoisotopic (exact) mass is 394 g/mol. The molecule has 2 N–H and O–H groups in total. The minimum atomic E-state index is -0.351. The summed E-state index contributed by atoms with van der Waals surface area (Å²) in [6.07, 6.45) is 11.9. The van der Waals surface area contributed by atoms with Crippen molar-refractivity contribution in [1.82, 2.24) is 24.3 Å². The van der Waals surface area contributed by atoms with Gasteiger partial charge in [-0.15, -0.1) is 0 Å². The Morgan fingerprint density at radius 3 is 2.83 bits per heavy atom. The molecule has 0 unspecified atom stereocenters. The zero-order valence-corrected chi connectivity index (χ0v) is 16.4. The third kappa shape index (κ3) is 3.33. The number of H-pyrrole nitrogens is 1. The van der Waals surface area contributed by atoms with E-state index in [1.165, 1.54) is 6.07 Å². The van der Waals surface area contributed by atoms with Crippen molar-refractivity contribution >= 4 is 22.6 Å². The Bertz CT molecular complexity index is 1170. The fraction of sp³-hybridized carbons (Fsp3) is 0.381. The van der Waals surface area contributed by atoms with E-state index < -0.39 is 0 Å². The summed E-state index contributed by atoms with van der Waals surface area (Å²) in [4.78, 5) is 16.5. The number of halogens is 1. The molecule has 1 aliphatic rings. The van der Waals surface area contributed by atoms with Gasteiger partial charge >= 0.3 is 0 Å². The molecule has 7 nitrogen and oxygen atoms in total. The Hall–Kier alpha value is -3.00. The van der Waals surface area contributed by atoms with Crippen LogP contribution in [0.2, 0.25) is 0 Å². The van der Waals surface area contributed by atoms with Crippen molar-refractivity contribution in [3.63, 3.8) is 0 Å². The third-order valence-electron chi connectivity index (χ3n) is 5.71. The van der Waals surface area contributed by atoms with Crippen molar-refractivity contribution in [3.8, 4) is 11.1 Å². The maximum atomic E-state index is 14.5. The van der Waals surface area contributed by atoms with Gasteiger partial charge in [-0.3, -0.25) is 0 Å². The number of rotatable bonds is 4. The molecule has 0 bridgehead atoms. The number of anilines is 1. The number of fused-ring (bicyclic) bond motifs is 2. The summed E-state index contributed by atoms with van der Waals surface area (Å²) in [6.45, 7) is 1.85. The lowest BCUT2D eigenvalue weighted by molar-refractivity contribution is 0.0681. The highest BCUT2D eigenvalue weighted by atomic mass is 19.1. The predicted octanol–water partition coefficient (Wildman–Crippen LogP) is 4.09. The molecule has 4 aromatic heterocycles. The average Bonchev–Trinajstić information content (AvgIpc) is 3.31. The third-order valence-corrected chi connectivity index (χ3v) is 5.71. The van der Waals surface area contributed by atoms with Gasteiger partial charge in [-0.2, -0.15) is 4.98 Å². The number of nitrogens with one attached hydrogen (secondary N) is 2. The molecule has 0 aromatic carbocycles. The number of hydrogen-bond acceptors (Lipinski definition) is 5. The number of hydrogen-bond donors (Lipinski definition) is 2. The lowest BCUT2D eigenvalue weighted by Gasteiger charge is -2.28. The van der Waals surface area contributed by atoms with E-state index in [4.69, 9.17) is 4.74 Å². The summed E-state index contributed by atoms with van der Waals surface area (Å²) in [5.41, 5.74) is 3.45. The number of pyridine rings is 1. The molecule has 1 fully saturated rings. The Morgan fingerprint density at radius 2 is 2.03 bits per heavy atom. The first-order valence-corrected chi connectivity index (χ1v) is 9.89. The van der Waals surface area contributed by atoms with Crippen molar-refractivity contribution in [2.75, 3.05) is 12.4 Å². The highest BCUT2D eigenvalue weighted by Gasteiger charge is 2.21. The van der Waals surface area contributed by atoms with Gasteiger partial charge in [-0.1, -0.05) is 0 Å². The Kier molecular flexibility index (Phi) is 4.43. The largest absolute Gasteiger partial charge is 0.381 e. The SMILES string of the molecule is CO[C@H]1CC[C@@H](Nc2ncc3c(-c4cc(F)c5nc(C)cn5c4)c[nH]c3n2)CC1. The van der Waals surface area contributed by atoms with Crippen LogP contribution >= 0.6 is 0 Å². The van der Waals surface area contributed by atoms with E-state index in [2.05, 4.69) is 25.3 Å². The quantitative estimate of drug-likeness (QED) is 0.545. The summed E-state index contributed by atoms with van der Waals surface area (Å²) in [5.74, 6) is 0.259. The molecule has 150 valence electrons. The van der Waals surface area contributed by atoms with Crippen LogP contribution in [0.5, 0.6) is 0 Å². The number of imidazole rings is 1. The maximum absolute atomic E-state index is 14.5. The Morgan fingerprint density at radius 1 is 1.21 bits per heavy atom. The summed E-state index contributed by atoms with van der Waals surface area (Å²) < 4.78 is 21.6. The number of nitrogens with zero attached hydrogens (tertiary/aromatic N) is 4. The van der Waals surface area contributed by atoms with Gasteiger partial charge in [0.15, 0.2) is 11.5 Å². The van der Waals surface area contributed by atoms with Crippen LogP contribution in [0.1, 0.15) is 31.4 Å². The van der Waals surface area contributed by atoms with Gasteiger partial charge in [0.25, 0.3) is 0 Å². The summed E-state index contributed by atoms with van der Waals surface area (Å²) in [7, 11) is 1.77. The summed E-state index contributed by atoms with van der Waals surface area (Å²) >= 11 is 0. The number of aromatic amines is 1. The number of ether oxygens (including phenoxy) is 1. The van der Waals surface area contributed by atoms with Gasteiger partial charge in [0.05, 0.1) is 11.8 Å². The molecular weight excluding hydrogens is 371 g/mol. The molecule has 0 amide bonds. The fourth-order valence-corrected chi connectivity index (χ4v) is 4.17. The standard InChI is InChI=1S/C21H23FN6O/c1-12-10-28-11-13(7-18(22)20(28)25-12)16-8-23-19-17(16)9-24-21(27-19)26-14-3-5-15(29-2)6-4-14/h7-11,14-15H,3-6H2,1-2H3,(H2,23,24,26,27)/t14-,15+. The predicted molar refractivity (Wildman–Crippen MR) is 109 cm³/mol. The van der Waals surface area contributed by atoms with E-state index in [9.17, 15) is 4.39 Å². The van der Waals surface area contributed by atoms with E-state index in [0.29, 0.717) is 23.7 Å². The second kappa shape index (κ2) is 7.11. The first-order valence-electron chi connectivity index (χ1n) is 9.89. The smallest absolute Gasteiger partial charge is 0.224 e. The lowest BCUT2D eigenvalue weighted by atomic mass is 9.93. The molecule has 0 spiro atoms. The van der Waals surface area contributed by atoms with Crippen LogP contribution in [0.4, 0.5) is 10.3 Å². The first-order chi connectivity index (χ1) is 14.1. The van der Waals surface area contributed by atoms with E-state index in [1.807, 2.05) is 25.5 Å². The maximum Gasteiger partial charge on any atom is 0.224 e. The van der Waals surface area contributed by atoms with Gasteiger partial charge in [0.2, 0.25) is 5.95 Å². The van der Waals surface area contributed by atoms with Gasteiger partial charge in [-0.05, 0) is 38.7 Å². The molecule has 0 radical (unpaired) electrons. The van der Waals surface area contributed by atoms with Crippen LogP contribution in [0.25, 0.3) is 27.8 Å². The number of aryl methyl sites for hydroxylation is 1. The molecule has 0 saturated heterocycles. The summed E-state index contributed by atoms with van der Waals surface area (Å²) in [6, 6.07) is 1.86. The van der Waals surface area contributed by atoms with Crippen LogP contribution in [0.15, 0.2) is 30.9 Å². The zero-order chi connectivity index (χ0) is 20.0. The fourth-order valence-electron chi connectivity index (χ4n) is 4.17. The first kappa shape index (κ1) is 18.1. The van der Waals surface area contributed by atoms with Crippen LogP contribution in [-0.4, -0.2) is 43.6 Å². The summed E-state index contributed by atoms with van der Waals surface area (Å²) in [5, 5.41) is 4.29. The molecule has 4 aromatic rings. The van der Waals surface area contributed by atoms with E-state index >= 15 is 0 Å². The number of aromatic nitrogens is 5. The molecule has 5 rings (SSSR count). The Labute approximate surface area is 167 Å². The highest BCUT2D eigenvalue weighted by Crippen LogP contribution is 2.30. The van der Waals surface area contributed by atoms with E-state index in [0.717, 1.165) is 53.5 Å². The zero-order valence-electron chi connectivity index (χ0n) is 16.4. The van der Waals surface area contributed by atoms with Crippen LogP contribution in [0, 0.1) is 12.7 Å². The molecule has 0 atom stereocenters. The van der Waals surface area contributed by atoms with Gasteiger partial charge in [0, 0.05) is 54.5 Å². The van der Waals surface area contributed by atoms with Crippen LogP contribution < -0.4 is 5.32 Å². The molecule has 1 saturated carbocycles. The highest BCUT2D eigenvalue weighted by molar-refractivity contribution is 5.93. The molecule has 29 heavy (non-hydrogen) atoms. The van der Waals surface area contributed by atoms with E-state index in [-0.39, 0.29) is 5.82 Å². The van der Waals surface area contributed by atoms with Crippen LogP contribution in [0.3, 0.4) is 0 Å². The minimum absolute atomic E-state index is 0.331. The topological polar surface area (TPSA) is 80.1 Å². The molecule has 4 heterocycles.